The van der Waals surface area contributed by atoms with E-state index >= 15 is 0 Å². The number of aromatic nitrogens is 1. The van der Waals surface area contributed by atoms with Crippen LogP contribution < -0.4 is 0 Å². The monoisotopic (exact) mass is 159 g/mol. The van der Waals surface area contributed by atoms with E-state index in [1.54, 1.807) is 0 Å². The van der Waals surface area contributed by atoms with Crippen molar-refractivity contribution < 1.29 is 13.6 Å². The minimum absolute atomic E-state index is 0.0579. The van der Waals surface area contributed by atoms with Gasteiger partial charge in [0.15, 0.2) is 0 Å². The van der Waals surface area contributed by atoms with Crippen LogP contribution in [0.2, 0.25) is 0 Å². The number of carbonyl (C=O) groups excluding carboxylic acids is 1. The molecule has 0 fully saturated rings. The Hall–Kier alpha value is -1.19. The second-order valence-corrected chi connectivity index (χ2v) is 2.30. The number of H-pyrrole nitrogens is 1. The number of hydrogen-bond donors (Lipinski definition) is 1. The summed E-state index contributed by atoms with van der Waals surface area (Å²) in [7, 11) is 0. The molecule has 0 radical (unpaired) electrons. The minimum Gasteiger partial charge on any atom is -0.359 e. The third-order valence-corrected chi connectivity index (χ3v) is 1.24. The van der Waals surface area contributed by atoms with Crippen molar-refractivity contribution in [1.82, 2.24) is 4.98 Å². The highest BCUT2D eigenvalue weighted by Gasteiger charge is 2.33. The lowest BCUT2D eigenvalue weighted by molar-refractivity contribution is 0.0217. The fourth-order valence-electron chi connectivity index (χ4n) is 0.708. The predicted octanol–water partition coefficient (Wildman–Crippen LogP) is 1.85. The minimum atomic E-state index is -3.29. The van der Waals surface area contributed by atoms with Gasteiger partial charge in [0.2, 0.25) is 5.78 Å². The molecule has 0 saturated heterocycles. The fraction of sp³-hybridized carbons (Fsp3) is 0.286. The third-order valence-electron chi connectivity index (χ3n) is 1.24. The molecule has 0 saturated carbocycles. The summed E-state index contributed by atoms with van der Waals surface area (Å²) in [4.78, 5) is 13.2. The van der Waals surface area contributed by atoms with Crippen LogP contribution in [0.25, 0.3) is 0 Å². The molecule has 4 heteroatoms. The van der Waals surface area contributed by atoms with E-state index < -0.39 is 11.7 Å². The molecule has 11 heavy (non-hydrogen) atoms. The maximum atomic E-state index is 12.3. The molecule has 60 valence electrons. The summed E-state index contributed by atoms with van der Waals surface area (Å²) in [5, 5.41) is 0. The second kappa shape index (κ2) is 2.45. The van der Waals surface area contributed by atoms with Crippen LogP contribution >= 0.6 is 0 Å². The van der Waals surface area contributed by atoms with Crippen molar-refractivity contribution >= 4 is 5.78 Å². The SMILES string of the molecule is CC(F)(F)C(=O)c1ccc[nH]1. The molecule has 0 aliphatic carbocycles. The number of hydrogen-bond acceptors (Lipinski definition) is 1. The molecule has 0 bridgehead atoms. The molecule has 0 unspecified atom stereocenters. The average Bonchev–Trinajstić information content (AvgIpc) is 2.34. The van der Waals surface area contributed by atoms with Crippen molar-refractivity contribution in [2.75, 3.05) is 0 Å². The van der Waals surface area contributed by atoms with Crippen LogP contribution in [0.5, 0.6) is 0 Å². The fourth-order valence-corrected chi connectivity index (χ4v) is 0.708. The number of halogens is 2. The van der Waals surface area contributed by atoms with Crippen LogP contribution in [0.4, 0.5) is 8.78 Å². The van der Waals surface area contributed by atoms with Gasteiger partial charge in [-0.25, -0.2) is 0 Å². The largest absolute Gasteiger partial charge is 0.359 e. The molecular formula is C7H7F2NO. The van der Waals surface area contributed by atoms with Gasteiger partial charge in [0, 0.05) is 13.1 Å². The first-order valence-corrected chi connectivity index (χ1v) is 3.08. The number of alkyl halides is 2. The first-order chi connectivity index (χ1) is 5.02. The van der Waals surface area contributed by atoms with E-state index in [0.717, 1.165) is 0 Å². The number of carbonyl (C=O) groups is 1. The van der Waals surface area contributed by atoms with E-state index in [1.165, 1.54) is 18.3 Å². The van der Waals surface area contributed by atoms with Gasteiger partial charge in [-0.05, 0) is 12.1 Å². The maximum absolute atomic E-state index is 12.3. The Bertz CT molecular complexity index is 248. The van der Waals surface area contributed by atoms with Gasteiger partial charge in [0.05, 0.1) is 5.69 Å². The van der Waals surface area contributed by atoms with Crippen molar-refractivity contribution in [3.8, 4) is 0 Å². The highest BCUT2D eigenvalue weighted by Crippen LogP contribution is 2.17. The predicted molar refractivity (Wildman–Crippen MR) is 35.7 cm³/mol. The molecular weight excluding hydrogens is 152 g/mol. The van der Waals surface area contributed by atoms with Gasteiger partial charge in [0.25, 0.3) is 0 Å². The molecule has 1 heterocycles. The molecule has 1 rings (SSSR count). The second-order valence-electron chi connectivity index (χ2n) is 2.30. The molecule has 1 aromatic heterocycles. The first kappa shape index (κ1) is 7.91. The zero-order valence-electron chi connectivity index (χ0n) is 5.90. The summed E-state index contributed by atoms with van der Waals surface area (Å²) in [6.07, 6.45) is 1.43. The van der Waals surface area contributed by atoms with Gasteiger partial charge in [-0.1, -0.05) is 0 Å². The molecule has 1 N–H and O–H groups in total. The molecule has 0 amide bonds. The lowest BCUT2D eigenvalue weighted by Crippen LogP contribution is -2.24. The zero-order chi connectivity index (χ0) is 8.48. The van der Waals surface area contributed by atoms with Gasteiger partial charge < -0.3 is 4.98 Å². The highest BCUT2D eigenvalue weighted by molar-refractivity contribution is 5.99. The molecule has 1 aromatic rings. The van der Waals surface area contributed by atoms with Gasteiger partial charge >= 0.3 is 5.92 Å². The van der Waals surface area contributed by atoms with Gasteiger partial charge in [-0.15, -0.1) is 0 Å². The van der Waals surface area contributed by atoms with Crippen LogP contribution in [0.3, 0.4) is 0 Å². The van der Waals surface area contributed by atoms with Crippen molar-refractivity contribution in [3.63, 3.8) is 0 Å². The zero-order valence-corrected chi connectivity index (χ0v) is 5.90. The smallest absolute Gasteiger partial charge is 0.308 e. The quantitative estimate of drug-likeness (QED) is 0.656. The van der Waals surface area contributed by atoms with Crippen molar-refractivity contribution in [3.05, 3.63) is 24.0 Å². The van der Waals surface area contributed by atoms with Gasteiger partial charge in [-0.3, -0.25) is 4.79 Å². The van der Waals surface area contributed by atoms with Crippen LogP contribution in [0.1, 0.15) is 17.4 Å². The van der Waals surface area contributed by atoms with Gasteiger partial charge in [-0.2, -0.15) is 8.78 Å². The van der Waals surface area contributed by atoms with Crippen LogP contribution in [-0.4, -0.2) is 16.7 Å². The first-order valence-electron chi connectivity index (χ1n) is 3.08. The Kier molecular flexibility index (Phi) is 1.76. The van der Waals surface area contributed by atoms with Gasteiger partial charge in [0.1, 0.15) is 0 Å². The number of ketones is 1. The number of rotatable bonds is 2. The van der Waals surface area contributed by atoms with Crippen molar-refractivity contribution in [2.45, 2.75) is 12.8 Å². The van der Waals surface area contributed by atoms with Crippen LogP contribution in [0.15, 0.2) is 18.3 Å². The van der Waals surface area contributed by atoms with Crippen molar-refractivity contribution in [2.24, 2.45) is 0 Å². The van der Waals surface area contributed by atoms with E-state index in [4.69, 9.17) is 0 Å². The Balaban J connectivity index is 2.88. The van der Waals surface area contributed by atoms with E-state index in [0.29, 0.717) is 6.92 Å². The lowest BCUT2D eigenvalue weighted by Gasteiger charge is -2.05. The summed E-state index contributed by atoms with van der Waals surface area (Å²) < 4.78 is 24.6. The number of Topliss-reactive ketones (excluding diaryl/α,β-unsaturated/α-hetero) is 1. The van der Waals surface area contributed by atoms with E-state index in [9.17, 15) is 13.6 Å². The van der Waals surface area contributed by atoms with E-state index in [2.05, 4.69) is 4.98 Å². The lowest BCUT2D eigenvalue weighted by atomic mass is 10.2. The summed E-state index contributed by atoms with van der Waals surface area (Å²) in [5.74, 6) is -4.47. The topological polar surface area (TPSA) is 32.9 Å². The van der Waals surface area contributed by atoms with Crippen LogP contribution in [-0.2, 0) is 0 Å². The Morgan fingerprint density at radius 3 is 2.64 bits per heavy atom. The Morgan fingerprint density at radius 2 is 2.27 bits per heavy atom. The van der Waals surface area contributed by atoms with Crippen LogP contribution in [0, 0.1) is 0 Å². The van der Waals surface area contributed by atoms with Crippen molar-refractivity contribution in [1.29, 1.82) is 0 Å². The standard InChI is InChI=1S/C7H7F2NO/c1-7(8,9)6(11)5-3-2-4-10-5/h2-4,10H,1H3. The summed E-state index contributed by atoms with van der Waals surface area (Å²) >= 11 is 0. The normalized spacial score (nSPS) is 11.5. The Morgan fingerprint density at radius 1 is 1.64 bits per heavy atom. The third kappa shape index (κ3) is 1.63. The summed E-state index contributed by atoms with van der Waals surface area (Å²) in [6.45, 7) is 0.580. The average molecular weight is 159 g/mol. The summed E-state index contributed by atoms with van der Waals surface area (Å²) in [6, 6.07) is 2.82. The molecule has 2 nitrogen and oxygen atoms in total. The van der Waals surface area contributed by atoms with E-state index in [-0.39, 0.29) is 5.69 Å². The number of aromatic amines is 1. The Labute approximate surface area is 62.2 Å². The molecule has 0 atom stereocenters. The van der Waals surface area contributed by atoms with E-state index in [1.807, 2.05) is 0 Å². The maximum Gasteiger partial charge on any atom is 0.308 e. The highest BCUT2D eigenvalue weighted by atomic mass is 19.3. The summed E-state index contributed by atoms with van der Waals surface area (Å²) in [5.41, 5.74) is -0.0579. The molecule has 0 aromatic carbocycles. The molecule has 0 aliphatic rings. The molecule has 0 aliphatic heterocycles. The number of nitrogens with one attached hydrogen (secondary N) is 1. The molecule has 0 spiro atoms.